The summed E-state index contributed by atoms with van der Waals surface area (Å²) < 4.78 is 10.5. The molecule has 7 heteroatoms. The Morgan fingerprint density at radius 3 is 2.52 bits per heavy atom. The third kappa shape index (κ3) is 7.09. The third-order valence-electron chi connectivity index (χ3n) is 4.21. The summed E-state index contributed by atoms with van der Waals surface area (Å²) in [7, 11) is 3.47. The van der Waals surface area contributed by atoms with E-state index in [1.807, 2.05) is 20.8 Å². The maximum absolute atomic E-state index is 11.9. The van der Waals surface area contributed by atoms with Crippen LogP contribution in [0.15, 0.2) is 29.3 Å². The molecular formula is C20H32N4O3. The summed E-state index contributed by atoms with van der Waals surface area (Å²) in [6.07, 6.45) is 0.500. The van der Waals surface area contributed by atoms with Gasteiger partial charge < -0.3 is 25.0 Å². The van der Waals surface area contributed by atoms with Crippen LogP contribution in [0.5, 0.6) is 0 Å². The molecule has 0 bridgehead atoms. The minimum absolute atomic E-state index is 0.0618. The Bertz CT molecular complexity index is 638. The van der Waals surface area contributed by atoms with Crippen LogP contribution in [0.4, 0.5) is 4.79 Å². The lowest BCUT2D eigenvalue weighted by Crippen LogP contribution is -2.44. The minimum atomic E-state index is -0.487. The lowest BCUT2D eigenvalue weighted by atomic mass is 10.1. The normalized spacial score (nSPS) is 17.7. The van der Waals surface area contributed by atoms with E-state index < -0.39 is 5.60 Å². The van der Waals surface area contributed by atoms with Crippen LogP contribution in [-0.4, -0.2) is 55.8 Å². The monoisotopic (exact) mass is 376 g/mol. The summed E-state index contributed by atoms with van der Waals surface area (Å²) in [5, 5.41) is 6.33. The smallest absolute Gasteiger partial charge is 0.407 e. The Balaban J connectivity index is 1.81. The molecule has 1 unspecified atom stereocenters. The van der Waals surface area contributed by atoms with Crippen LogP contribution in [0, 0.1) is 0 Å². The van der Waals surface area contributed by atoms with Crippen LogP contribution in [0.2, 0.25) is 0 Å². The van der Waals surface area contributed by atoms with Crippen molar-refractivity contribution in [2.24, 2.45) is 4.99 Å². The fourth-order valence-electron chi connectivity index (χ4n) is 2.98. The van der Waals surface area contributed by atoms with Gasteiger partial charge >= 0.3 is 6.09 Å². The van der Waals surface area contributed by atoms with E-state index in [1.165, 1.54) is 5.56 Å². The molecule has 0 aliphatic carbocycles. The number of hydrogen-bond donors (Lipinski definition) is 2. The third-order valence-corrected chi connectivity index (χ3v) is 4.21. The molecule has 0 radical (unpaired) electrons. The van der Waals surface area contributed by atoms with Crippen molar-refractivity contribution < 1.29 is 14.3 Å². The van der Waals surface area contributed by atoms with E-state index in [9.17, 15) is 4.79 Å². The molecule has 0 aromatic heterocycles. The number of rotatable bonds is 5. The SMILES string of the molecule is CN=C(NCc1ccc(COC)cc1)N1CCC(NC(=O)OC(C)(C)C)C1. The number of guanidine groups is 1. The number of aliphatic imine (C=N–C) groups is 1. The van der Waals surface area contributed by atoms with E-state index in [1.54, 1.807) is 14.2 Å². The van der Waals surface area contributed by atoms with Gasteiger partial charge in [-0.25, -0.2) is 4.79 Å². The van der Waals surface area contributed by atoms with Crippen molar-refractivity contribution in [2.45, 2.75) is 52.0 Å². The number of carbonyl (C=O) groups is 1. The molecule has 1 aromatic carbocycles. The van der Waals surface area contributed by atoms with Crippen LogP contribution in [0.25, 0.3) is 0 Å². The molecule has 1 amide bonds. The quantitative estimate of drug-likeness (QED) is 0.610. The first-order valence-corrected chi connectivity index (χ1v) is 9.32. The van der Waals surface area contributed by atoms with E-state index in [0.29, 0.717) is 19.7 Å². The zero-order chi connectivity index (χ0) is 19.9. The van der Waals surface area contributed by atoms with Gasteiger partial charge in [0, 0.05) is 33.8 Å². The Labute approximate surface area is 162 Å². The minimum Gasteiger partial charge on any atom is -0.444 e. The molecule has 2 rings (SSSR count). The Kier molecular flexibility index (Phi) is 7.47. The predicted octanol–water partition coefficient (Wildman–Crippen LogP) is 2.51. The molecule has 1 fully saturated rings. The van der Waals surface area contributed by atoms with Crippen LogP contribution < -0.4 is 10.6 Å². The van der Waals surface area contributed by atoms with Gasteiger partial charge in [0.15, 0.2) is 5.96 Å². The van der Waals surface area contributed by atoms with Gasteiger partial charge in [-0.15, -0.1) is 0 Å². The molecule has 1 saturated heterocycles. The second kappa shape index (κ2) is 9.60. The Hall–Kier alpha value is -2.28. The standard InChI is InChI=1S/C20H32N4O3/c1-20(2,3)27-19(25)23-17-10-11-24(13-17)18(21-4)22-12-15-6-8-16(9-7-15)14-26-5/h6-9,17H,10-14H2,1-5H3,(H,21,22)(H,23,25). The second-order valence-electron chi connectivity index (χ2n) is 7.73. The maximum Gasteiger partial charge on any atom is 0.407 e. The van der Waals surface area contributed by atoms with Gasteiger partial charge in [0.1, 0.15) is 5.60 Å². The predicted molar refractivity (Wildman–Crippen MR) is 107 cm³/mol. The Morgan fingerprint density at radius 2 is 1.93 bits per heavy atom. The molecular weight excluding hydrogens is 344 g/mol. The lowest BCUT2D eigenvalue weighted by molar-refractivity contribution is 0.0507. The number of nitrogens with zero attached hydrogens (tertiary/aromatic N) is 2. The van der Waals surface area contributed by atoms with Gasteiger partial charge in [0.05, 0.1) is 12.6 Å². The lowest BCUT2D eigenvalue weighted by Gasteiger charge is -2.23. The van der Waals surface area contributed by atoms with Crippen LogP contribution >= 0.6 is 0 Å². The highest BCUT2D eigenvalue weighted by molar-refractivity contribution is 5.80. The van der Waals surface area contributed by atoms with Crippen molar-refractivity contribution in [1.29, 1.82) is 0 Å². The molecule has 1 atom stereocenters. The fourth-order valence-corrected chi connectivity index (χ4v) is 2.98. The summed E-state index contributed by atoms with van der Waals surface area (Å²) >= 11 is 0. The van der Waals surface area contributed by atoms with E-state index in [2.05, 4.69) is 44.8 Å². The van der Waals surface area contributed by atoms with Crippen molar-refractivity contribution in [1.82, 2.24) is 15.5 Å². The van der Waals surface area contributed by atoms with E-state index in [4.69, 9.17) is 9.47 Å². The number of hydrogen-bond acceptors (Lipinski definition) is 4. The average molecular weight is 377 g/mol. The molecule has 0 saturated carbocycles. The number of benzene rings is 1. The number of amides is 1. The van der Waals surface area contributed by atoms with Gasteiger partial charge in [0.25, 0.3) is 0 Å². The zero-order valence-electron chi connectivity index (χ0n) is 17.0. The first kappa shape index (κ1) is 21.0. The van der Waals surface area contributed by atoms with Crippen molar-refractivity contribution >= 4 is 12.1 Å². The molecule has 7 nitrogen and oxygen atoms in total. The number of carbonyl (C=O) groups excluding carboxylic acids is 1. The van der Waals surface area contributed by atoms with Crippen LogP contribution in [-0.2, 0) is 22.6 Å². The van der Waals surface area contributed by atoms with Gasteiger partial charge in [-0.05, 0) is 38.3 Å². The molecule has 2 N–H and O–H groups in total. The first-order valence-electron chi connectivity index (χ1n) is 9.32. The van der Waals surface area contributed by atoms with E-state index in [0.717, 1.165) is 24.5 Å². The molecule has 1 aromatic rings. The van der Waals surface area contributed by atoms with Crippen molar-refractivity contribution in [3.05, 3.63) is 35.4 Å². The number of methoxy groups -OCH3 is 1. The summed E-state index contributed by atoms with van der Waals surface area (Å²) in [6.45, 7) is 8.46. The van der Waals surface area contributed by atoms with E-state index in [-0.39, 0.29) is 12.1 Å². The van der Waals surface area contributed by atoms with Gasteiger partial charge in [-0.3, -0.25) is 4.99 Å². The zero-order valence-corrected chi connectivity index (χ0v) is 17.0. The molecule has 0 spiro atoms. The summed E-state index contributed by atoms with van der Waals surface area (Å²) in [5.41, 5.74) is 1.85. The van der Waals surface area contributed by atoms with Crippen molar-refractivity contribution in [2.75, 3.05) is 27.2 Å². The molecule has 1 aliphatic rings. The maximum atomic E-state index is 11.9. The highest BCUT2D eigenvalue weighted by Crippen LogP contribution is 2.12. The summed E-state index contributed by atoms with van der Waals surface area (Å²) in [5.74, 6) is 0.837. The van der Waals surface area contributed by atoms with Crippen LogP contribution in [0.1, 0.15) is 38.3 Å². The molecule has 1 aliphatic heterocycles. The number of ether oxygens (including phenoxy) is 2. The summed E-state index contributed by atoms with van der Waals surface area (Å²) in [6, 6.07) is 8.38. The molecule has 150 valence electrons. The topological polar surface area (TPSA) is 75.2 Å². The largest absolute Gasteiger partial charge is 0.444 e. The average Bonchev–Trinajstić information content (AvgIpc) is 3.03. The number of nitrogens with one attached hydrogen (secondary N) is 2. The van der Waals surface area contributed by atoms with Gasteiger partial charge in [-0.2, -0.15) is 0 Å². The Morgan fingerprint density at radius 1 is 1.26 bits per heavy atom. The summed E-state index contributed by atoms with van der Waals surface area (Å²) in [4.78, 5) is 18.5. The molecule has 27 heavy (non-hydrogen) atoms. The fraction of sp³-hybridized carbons (Fsp3) is 0.600. The highest BCUT2D eigenvalue weighted by atomic mass is 16.6. The first-order chi connectivity index (χ1) is 12.8. The highest BCUT2D eigenvalue weighted by Gasteiger charge is 2.27. The van der Waals surface area contributed by atoms with Gasteiger partial charge in [-0.1, -0.05) is 24.3 Å². The number of likely N-dealkylation sites (tertiary alicyclic amines) is 1. The molecule has 1 heterocycles. The number of alkyl carbamates (subject to hydrolysis) is 1. The second-order valence-corrected chi connectivity index (χ2v) is 7.73. The van der Waals surface area contributed by atoms with E-state index >= 15 is 0 Å². The van der Waals surface area contributed by atoms with Crippen LogP contribution in [0.3, 0.4) is 0 Å². The van der Waals surface area contributed by atoms with Crippen molar-refractivity contribution in [3.63, 3.8) is 0 Å². The van der Waals surface area contributed by atoms with Gasteiger partial charge in [0.2, 0.25) is 0 Å². The van der Waals surface area contributed by atoms with Crippen molar-refractivity contribution in [3.8, 4) is 0 Å².